The van der Waals surface area contributed by atoms with E-state index in [4.69, 9.17) is 7.85 Å². The number of benzene rings is 2. The summed E-state index contributed by atoms with van der Waals surface area (Å²) >= 11 is 0. The van der Waals surface area contributed by atoms with Crippen LogP contribution >= 0.6 is 0 Å². The standard InChI is InChI=1S/C10H6BF/c11-10-8-4-2-1-3-7(8)5-6-9(10)12/h1-6H. The Kier molecular flexibility index (Phi) is 1.61. The Morgan fingerprint density at radius 1 is 1.00 bits per heavy atom. The van der Waals surface area contributed by atoms with Gasteiger partial charge in [0, 0.05) is 0 Å². The fraction of sp³-hybridized carbons (Fsp3) is 0. The molecule has 0 amide bonds. The van der Waals surface area contributed by atoms with Crippen LogP contribution in [0, 0.1) is 5.82 Å². The first-order chi connectivity index (χ1) is 5.79. The van der Waals surface area contributed by atoms with Crippen LogP contribution in [-0.4, -0.2) is 7.85 Å². The normalized spacial score (nSPS) is 10.4. The average Bonchev–Trinajstić information content (AvgIpc) is 2.12. The first kappa shape index (κ1) is 7.35. The molecule has 0 fully saturated rings. The maximum Gasteiger partial charge on any atom is 0.118 e. The van der Waals surface area contributed by atoms with Gasteiger partial charge in [-0.05, 0) is 16.8 Å². The van der Waals surface area contributed by atoms with E-state index in [1.165, 1.54) is 6.07 Å². The molecule has 0 nitrogen and oxygen atoms in total. The van der Waals surface area contributed by atoms with Crippen LogP contribution in [0.15, 0.2) is 36.4 Å². The highest BCUT2D eigenvalue weighted by Crippen LogP contribution is 2.11. The van der Waals surface area contributed by atoms with Crippen molar-refractivity contribution in [1.29, 1.82) is 0 Å². The summed E-state index contributed by atoms with van der Waals surface area (Å²) in [4.78, 5) is 0. The number of hydrogen-bond donors (Lipinski definition) is 0. The summed E-state index contributed by atoms with van der Waals surface area (Å²) in [5.41, 5.74) is 0.230. The van der Waals surface area contributed by atoms with E-state index >= 15 is 0 Å². The van der Waals surface area contributed by atoms with Crippen molar-refractivity contribution in [3.63, 3.8) is 0 Å². The first-order valence-corrected chi connectivity index (χ1v) is 3.72. The highest BCUT2D eigenvalue weighted by atomic mass is 19.1. The molecular weight excluding hydrogens is 150 g/mol. The number of rotatable bonds is 0. The van der Waals surface area contributed by atoms with Gasteiger partial charge < -0.3 is 0 Å². The van der Waals surface area contributed by atoms with Crippen molar-refractivity contribution in [3.05, 3.63) is 42.2 Å². The number of fused-ring (bicyclic) bond motifs is 1. The fourth-order valence-electron chi connectivity index (χ4n) is 1.27. The summed E-state index contributed by atoms with van der Waals surface area (Å²) < 4.78 is 12.9. The molecule has 0 aliphatic carbocycles. The molecule has 2 aromatic rings. The summed E-state index contributed by atoms with van der Waals surface area (Å²) in [5.74, 6) is -0.353. The lowest BCUT2D eigenvalue weighted by molar-refractivity contribution is 0.637. The Labute approximate surface area is 71.4 Å². The molecule has 0 heterocycles. The van der Waals surface area contributed by atoms with Crippen molar-refractivity contribution in [3.8, 4) is 0 Å². The predicted molar refractivity (Wildman–Crippen MR) is 49.3 cm³/mol. The second kappa shape index (κ2) is 2.63. The van der Waals surface area contributed by atoms with Crippen molar-refractivity contribution < 1.29 is 4.39 Å². The van der Waals surface area contributed by atoms with Crippen LogP contribution in [0.5, 0.6) is 0 Å². The van der Waals surface area contributed by atoms with Gasteiger partial charge in [-0.3, -0.25) is 0 Å². The molecular formula is C10H6BF. The van der Waals surface area contributed by atoms with E-state index in [1.54, 1.807) is 6.07 Å². The van der Waals surface area contributed by atoms with Gasteiger partial charge in [-0.1, -0.05) is 35.8 Å². The van der Waals surface area contributed by atoms with Gasteiger partial charge in [0.1, 0.15) is 13.7 Å². The zero-order valence-electron chi connectivity index (χ0n) is 6.42. The Balaban J connectivity index is 2.91. The van der Waals surface area contributed by atoms with E-state index in [1.807, 2.05) is 24.3 Å². The predicted octanol–water partition coefficient (Wildman–Crippen LogP) is 1.77. The van der Waals surface area contributed by atoms with E-state index in [2.05, 4.69) is 0 Å². The molecule has 56 valence electrons. The smallest absolute Gasteiger partial charge is 0.118 e. The van der Waals surface area contributed by atoms with Gasteiger partial charge in [0.15, 0.2) is 0 Å². The molecule has 0 aliphatic rings. The van der Waals surface area contributed by atoms with Gasteiger partial charge in [-0.15, -0.1) is 0 Å². The summed E-state index contributed by atoms with van der Waals surface area (Å²) in [6, 6.07) is 10.6. The quantitative estimate of drug-likeness (QED) is 0.510. The molecule has 2 heteroatoms. The van der Waals surface area contributed by atoms with Crippen LogP contribution in [-0.2, 0) is 0 Å². The van der Waals surface area contributed by atoms with Crippen molar-refractivity contribution in [2.75, 3.05) is 0 Å². The van der Waals surface area contributed by atoms with Gasteiger partial charge in [-0.2, -0.15) is 0 Å². The molecule has 2 radical (unpaired) electrons. The number of halogens is 1. The Morgan fingerprint density at radius 2 is 1.75 bits per heavy atom. The van der Waals surface area contributed by atoms with Crippen LogP contribution in [0.2, 0.25) is 0 Å². The zero-order chi connectivity index (χ0) is 8.55. The minimum Gasteiger partial charge on any atom is -0.208 e. The highest BCUT2D eigenvalue weighted by molar-refractivity contribution is 6.38. The third-order valence-corrected chi connectivity index (χ3v) is 1.92. The van der Waals surface area contributed by atoms with E-state index in [9.17, 15) is 4.39 Å². The fourth-order valence-corrected chi connectivity index (χ4v) is 1.27. The third kappa shape index (κ3) is 1.000. The van der Waals surface area contributed by atoms with Crippen molar-refractivity contribution >= 4 is 24.1 Å². The van der Waals surface area contributed by atoms with Crippen LogP contribution in [0.1, 0.15) is 0 Å². The first-order valence-electron chi connectivity index (χ1n) is 3.72. The van der Waals surface area contributed by atoms with Crippen LogP contribution < -0.4 is 5.46 Å². The maximum atomic E-state index is 12.9. The maximum absolute atomic E-state index is 12.9. The van der Waals surface area contributed by atoms with Crippen molar-refractivity contribution in [2.45, 2.75) is 0 Å². The molecule has 0 aliphatic heterocycles. The summed E-state index contributed by atoms with van der Waals surface area (Å²) in [5, 5.41) is 1.74. The summed E-state index contributed by atoms with van der Waals surface area (Å²) in [7, 11) is 5.54. The third-order valence-electron chi connectivity index (χ3n) is 1.92. The van der Waals surface area contributed by atoms with Crippen molar-refractivity contribution in [2.24, 2.45) is 0 Å². The van der Waals surface area contributed by atoms with Crippen LogP contribution in [0.4, 0.5) is 4.39 Å². The second-order valence-electron chi connectivity index (χ2n) is 2.68. The second-order valence-corrected chi connectivity index (χ2v) is 2.68. The van der Waals surface area contributed by atoms with E-state index in [0.717, 1.165) is 10.8 Å². The number of hydrogen-bond acceptors (Lipinski definition) is 0. The molecule has 0 aromatic heterocycles. The summed E-state index contributed by atoms with van der Waals surface area (Å²) in [6.07, 6.45) is 0. The average molecular weight is 156 g/mol. The largest absolute Gasteiger partial charge is 0.208 e. The zero-order valence-corrected chi connectivity index (χ0v) is 6.42. The molecule has 2 rings (SSSR count). The lowest BCUT2D eigenvalue weighted by atomic mass is 9.89. The van der Waals surface area contributed by atoms with Gasteiger partial charge >= 0.3 is 0 Å². The van der Waals surface area contributed by atoms with Gasteiger partial charge in [-0.25, -0.2) is 4.39 Å². The van der Waals surface area contributed by atoms with Crippen LogP contribution in [0.25, 0.3) is 10.8 Å². The monoisotopic (exact) mass is 156 g/mol. The van der Waals surface area contributed by atoms with E-state index in [0.29, 0.717) is 0 Å². The molecule has 0 saturated heterocycles. The Bertz CT molecular complexity index is 423. The molecule has 0 N–H and O–H groups in total. The Hall–Kier alpha value is -1.31. The van der Waals surface area contributed by atoms with E-state index < -0.39 is 0 Å². The highest BCUT2D eigenvalue weighted by Gasteiger charge is 1.99. The molecule has 0 atom stereocenters. The van der Waals surface area contributed by atoms with Crippen LogP contribution in [0.3, 0.4) is 0 Å². The van der Waals surface area contributed by atoms with Gasteiger partial charge in [0.25, 0.3) is 0 Å². The topological polar surface area (TPSA) is 0 Å². The molecule has 2 aromatic carbocycles. The molecule has 0 saturated carbocycles. The summed E-state index contributed by atoms with van der Waals surface area (Å²) in [6.45, 7) is 0. The Morgan fingerprint density at radius 3 is 2.58 bits per heavy atom. The minimum absolute atomic E-state index is 0.230. The minimum atomic E-state index is -0.353. The van der Waals surface area contributed by atoms with Gasteiger partial charge in [0.2, 0.25) is 0 Å². The van der Waals surface area contributed by atoms with Crippen molar-refractivity contribution in [1.82, 2.24) is 0 Å². The van der Waals surface area contributed by atoms with Gasteiger partial charge in [0.05, 0.1) is 0 Å². The lowest BCUT2D eigenvalue weighted by Crippen LogP contribution is -2.08. The lowest BCUT2D eigenvalue weighted by Gasteiger charge is -2.02. The molecule has 0 unspecified atom stereocenters. The SMILES string of the molecule is [B]c1c(F)ccc2ccccc12. The molecule has 12 heavy (non-hydrogen) atoms. The molecule has 0 bridgehead atoms. The molecule has 0 spiro atoms. The van der Waals surface area contributed by atoms with E-state index in [-0.39, 0.29) is 11.3 Å².